The first kappa shape index (κ1) is 12.0. The summed E-state index contributed by atoms with van der Waals surface area (Å²) in [6.07, 6.45) is 2.42. The van der Waals surface area contributed by atoms with Crippen molar-refractivity contribution in [1.82, 2.24) is 5.32 Å². The maximum atomic E-state index is 5.76. The van der Waals surface area contributed by atoms with Crippen molar-refractivity contribution in [2.24, 2.45) is 0 Å². The molecule has 0 amide bonds. The maximum Gasteiger partial charge on any atom is 0.122 e. The van der Waals surface area contributed by atoms with Crippen LogP contribution in [0, 0.1) is 0 Å². The Labute approximate surface area is 119 Å². The molecule has 2 atom stereocenters. The molecule has 2 unspecified atom stereocenters. The number of fused-ring (bicyclic) bond motifs is 2. The summed E-state index contributed by atoms with van der Waals surface area (Å²) in [6, 6.07) is 17.7. The molecule has 0 spiro atoms. The van der Waals surface area contributed by atoms with E-state index in [4.69, 9.17) is 4.74 Å². The lowest BCUT2D eigenvalue weighted by atomic mass is 10.0. The Morgan fingerprint density at radius 1 is 1.00 bits per heavy atom. The second kappa shape index (κ2) is 4.95. The number of rotatable bonds is 3. The fourth-order valence-electron chi connectivity index (χ4n) is 3.45. The van der Waals surface area contributed by atoms with E-state index in [9.17, 15) is 0 Å². The molecule has 1 aliphatic heterocycles. The molecule has 1 heterocycles. The van der Waals surface area contributed by atoms with Crippen LogP contribution in [0.5, 0.6) is 5.75 Å². The van der Waals surface area contributed by atoms with Crippen LogP contribution in [0.4, 0.5) is 0 Å². The van der Waals surface area contributed by atoms with Crippen molar-refractivity contribution >= 4 is 0 Å². The zero-order valence-corrected chi connectivity index (χ0v) is 11.5. The molecule has 1 aliphatic carbocycles. The van der Waals surface area contributed by atoms with Gasteiger partial charge >= 0.3 is 0 Å². The smallest absolute Gasteiger partial charge is 0.122 e. The quantitative estimate of drug-likeness (QED) is 0.918. The van der Waals surface area contributed by atoms with Gasteiger partial charge in [-0.3, -0.25) is 0 Å². The first-order valence-corrected chi connectivity index (χ1v) is 7.45. The highest BCUT2D eigenvalue weighted by Gasteiger charge is 2.26. The van der Waals surface area contributed by atoms with E-state index in [2.05, 4.69) is 47.8 Å². The molecule has 102 valence electrons. The Balaban J connectivity index is 1.45. The largest absolute Gasteiger partial charge is 0.493 e. The van der Waals surface area contributed by atoms with Gasteiger partial charge in [0.15, 0.2) is 0 Å². The molecule has 2 heteroatoms. The number of benzene rings is 2. The predicted octanol–water partition coefficient (Wildman–Crippen LogP) is 3.44. The Kier molecular flexibility index (Phi) is 2.96. The lowest BCUT2D eigenvalue weighted by Crippen LogP contribution is -2.25. The van der Waals surface area contributed by atoms with Crippen molar-refractivity contribution in [3.63, 3.8) is 0 Å². The standard InChI is InChI=1S/C18H19NO/c1-2-6-15-13(5-1)9-10-17(15)19-11-14-12-20-18-8-4-3-7-16(14)18/h1-8,14,17,19H,9-12H2. The number of ether oxygens (including phenoxy) is 1. The molecular formula is C18H19NO. The molecule has 20 heavy (non-hydrogen) atoms. The van der Waals surface area contributed by atoms with E-state index in [1.807, 2.05) is 6.07 Å². The average molecular weight is 265 g/mol. The number of aryl methyl sites for hydroxylation is 1. The number of para-hydroxylation sites is 1. The second-order valence-electron chi connectivity index (χ2n) is 5.74. The SMILES string of the molecule is c1ccc2c(c1)CCC2NCC1COc2ccccc21. The van der Waals surface area contributed by atoms with Gasteiger partial charge in [0, 0.05) is 24.1 Å². The van der Waals surface area contributed by atoms with Crippen LogP contribution < -0.4 is 10.1 Å². The van der Waals surface area contributed by atoms with E-state index in [1.54, 1.807) is 0 Å². The van der Waals surface area contributed by atoms with Crippen molar-refractivity contribution in [3.05, 3.63) is 65.2 Å². The van der Waals surface area contributed by atoms with Crippen LogP contribution in [-0.2, 0) is 6.42 Å². The van der Waals surface area contributed by atoms with Crippen LogP contribution in [0.3, 0.4) is 0 Å². The molecule has 0 bridgehead atoms. The molecule has 0 saturated carbocycles. The van der Waals surface area contributed by atoms with Crippen LogP contribution in [0.2, 0.25) is 0 Å². The molecule has 2 aliphatic rings. The van der Waals surface area contributed by atoms with Gasteiger partial charge in [0.25, 0.3) is 0 Å². The summed E-state index contributed by atoms with van der Waals surface area (Å²) in [6.45, 7) is 1.80. The highest BCUT2D eigenvalue weighted by atomic mass is 16.5. The topological polar surface area (TPSA) is 21.3 Å². The summed E-state index contributed by atoms with van der Waals surface area (Å²) in [4.78, 5) is 0. The van der Waals surface area contributed by atoms with Crippen LogP contribution in [0.1, 0.15) is 35.1 Å². The molecular weight excluding hydrogens is 246 g/mol. The highest BCUT2D eigenvalue weighted by Crippen LogP contribution is 2.35. The normalized spacial score (nSPS) is 23.2. The van der Waals surface area contributed by atoms with E-state index in [0.717, 1.165) is 18.9 Å². The van der Waals surface area contributed by atoms with Crippen molar-refractivity contribution in [2.75, 3.05) is 13.2 Å². The van der Waals surface area contributed by atoms with Gasteiger partial charge in [-0.25, -0.2) is 0 Å². The van der Waals surface area contributed by atoms with Gasteiger partial charge in [-0.2, -0.15) is 0 Å². The molecule has 0 aromatic heterocycles. The maximum absolute atomic E-state index is 5.76. The summed E-state index contributed by atoms with van der Waals surface area (Å²) >= 11 is 0. The van der Waals surface area contributed by atoms with Gasteiger partial charge in [0.1, 0.15) is 5.75 Å². The Morgan fingerprint density at radius 3 is 2.75 bits per heavy atom. The minimum atomic E-state index is 0.485. The average Bonchev–Trinajstić information content (AvgIpc) is 3.09. The van der Waals surface area contributed by atoms with E-state index in [0.29, 0.717) is 12.0 Å². The van der Waals surface area contributed by atoms with Gasteiger partial charge < -0.3 is 10.1 Å². The summed E-state index contributed by atoms with van der Waals surface area (Å²) in [5, 5.41) is 3.74. The van der Waals surface area contributed by atoms with E-state index in [1.165, 1.54) is 29.5 Å². The number of hydrogen-bond acceptors (Lipinski definition) is 2. The molecule has 0 saturated heterocycles. The summed E-state index contributed by atoms with van der Waals surface area (Å²) in [5.41, 5.74) is 4.35. The molecule has 1 N–H and O–H groups in total. The van der Waals surface area contributed by atoms with Gasteiger partial charge in [-0.15, -0.1) is 0 Å². The minimum absolute atomic E-state index is 0.485. The second-order valence-corrected chi connectivity index (χ2v) is 5.74. The fraction of sp³-hybridized carbons (Fsp3) is 0.333. The van der Waals surface area contributed by atoms with Gasteiger partial charge in [0.05, 0.1) is 6.61 Å². The third kappa shape index (κ3) is 2.01. The van der Waals surface area contributed by atoms with Crippen LogP contribution >= 0.6 is 0 Å². The lowest BCUT2D eigenvalue weighted by Gasteiger charge is -2.17. The number of nitrogens with one attached hydrogen (secondary N) is 1. The Morgan fingerprint density at radius 2 is 1.80 bits per heavy atom. The van der Waals surface area contributed by atoms with Crippen molar-refractivity contribution < 1.29 is 4.74 Å². The molecule has 0 radical (unpaired) electrons. The minimum Gasteiger partial charge on any atom is -0.493 e. The van der Waals surface area contributed by atoms with Crippen molar-refractivity contribution in [3.8, 4) is 5.75 Å². The van der Waals surface area contributed by atoms with E-state index >= 15 is 0 Å². The molecule has 2 nitrogen and oxygen atoms in total. The van der Waals surface area contributed by atoms with Gasteiger partial charge in [-0.05, 0) is 30.0 Å². The summed E-state index contributed by atoms with van der Waals surface area (Å²) < 4.78 is 5.76. The molecule has 2 aromatic carbocycles. The molecule has 0 fully saturated rings. The van der Waals surface area contributed by atoms with Crippen molar-refractivity contribution in [1.29, 1.82) is 0 Å². The van der Waals surface area contributed by atoms with Crippen molar-refractivity contribution in [2.45, 2.75) is 24.8 Å². The van der Waals surface area contributed by atoms with E-state index < -0.39 is 0 Å². The van der Waals surface area contributed by atoms with Crippen LogP contribution in [0.25, 0.3) is 0 Å². The Hall–Kier alpha value is -1.80. The van der Waals surface area contributed by atoms with Gasteiger partial charge in [0.2, 0.25) is 0 Å². The molecule has 4 rings (SSSR count). The van der Waals surface area contributed by atoms with Gasteiger partial charge in [-0.1, -0.05) is 42.5 Å². The highest BCUT2D eigenvalue weighted by molar-refractivity contribution is 5.40. The monoisotopic (exact) mass is 265 g/mol. The zero-order chi connectivity index (χ0) is 13.4. The third-order valence-electron chi connectivity index (χ3n) is 4.54. The summed E-state index contributed by atoms with van der Waals surface area (Å²) in [5.74, 6) is 1.55. The lowest BCUT2D eigenvalue weighted by molar-refractivity contribution is 0.322. The van der Waals surface area contributed by atoms with E-state index in [-0.39, 0.29) is 0 Å². The fourth-order valence-corrected chi connectivity index (χ4v) is 3.45. The zero-order valence-electron chi connectivity index (χ0n) is 11.5. The molecule has 2 aromatic rings. The third-order valence-corrected chi connectivity index (χ3v) is 4.54. The first-order valence-electron chi connectivity index (χ1n) is 7.45. The van der Waals surface area contributed by atoms with Crippen LogP contribution in [0.15, 0.2) is 48.5 Å². The summed E-state index contributed by atoms with van der Waals surface area (Å²) in [7, 11) is 0. The predicted molar refractivity (Wildman–Crippen MR) is 80.2 cm³/mol. The number of hydrogen-bond donors (Lipinski definition) is 1. The Bertz CT molecular complexity index is 567. The first-order chi connectivity index (χ1) is 9.92. The van der Waals surface area contributed by atoms with Crippen LogP contribution in [-0.4, -0.2) is 13.2 Å².